The highest BCUT2D eigenvalue weighted by Gasteiger charge is 2.27. The fourth-order valence-electron chi connectivity index (χ4n) is 1.73. The van der Waals surface area contributed by atoms with Crippen molar-refractivity contribution in [3.63, 3.8) is 0 Å². The smallest absolute Gasteiger partial charge is 0.313 e. The number of aromatic nitrogens is 1. The Labute approximate surface area is 96.6 Å². The van der Waals surface area contributed by atoms with Gasteiger partial charge in [-0.05, 0) is 6.42 Å². The van der Waals surface area contributed by atoms with Crippen molar-refractivity contribution in [3.05, 3.63) is 27.4 Å². The molecule has 1 aliphatic heterocycles. The predicted octanol–water partition coefficient (Wildman–Crippen LogP) is 1.21. The number of aliphatic hydroxyl groups excluding tert-OH is 1. The summed E-state index contributed by atoms with van der Waals surface area (Å²) in [5.41, 5.74) is -0.124. The van der Waals surface area contributed by atoms with Crippen molar-refractivity contribution >= 4 is 23.1 Å². The zero-order valence-electron chi connectivity index (χ0n) is 8.34. The van der Waals surface area contributed by atoms with Gasteiger partial charge >= 0.3 is 5.69 Å². The molecule has 6 nitrogen and oxygen atoms in total. The molecule has 0 radical (unpaired) electrons. The van der Waals surface area contributed by atoms with E-state index >= 15 is 0 Å². The number of hydrogen-bond acceptors (Lipinski definition) is 5. The molecule has 1 saturated heterocycles. The van der Waals surface area contributed by atoms with E-state index in [2.05, 4.69) is 4.98 Å². The zero-order valence-corrected chi connectivity index (χ0v) is 9.09. The fourth-order valence-corrected chi connectivity index (χ4v) is 1.89. The van der Waals surface area contributed by atoms with Crippen LogP contribution in [0.5, 0.6) is 0 Å². The molecule has 0 aromatic carbocycles. The summed E-state index contributed by atoms with van der Waals surface area (Å²) in [5, 5.41) is 20.4. The summed E-state index contributed by atoms with van der Waals surface area (Å²) in [6.07, 6.45) is 1.52. The molecular formula is C9H10ClN3O3. The molecule has 7 heteroatoms. The van der Waals surface area contributed by atoms with E-state index in [9.17, 15) is 15.2 Å². The number of pyridine rings is 1. The first-order valence-corrected chi connectivity index (χ1v) is 5.18. The highest BCUT2D eigenvalue weighted by atomic mass is 35.5. The minimum atomic E-state index is -0.515. The molecule has 1 N–H and O–H groups in total. The molecule has 1 fully saturated rings. The van der Waals surface area contributed by atoms with Crippen molar-refractivity contribution in [1.82, 2.24) is 4.98 Å². The second kappa shape index (κ2) is 4.23. The Balaban J connectivity index is 2.36. The third kappa shape index (κ3) is 2.07. The average molecular weight is 244 g/mol. The monoisotopic (exact) mass is 243 g/mol. The molecule has 2 rings (SSSR count). The lowest BCUT2D eigenvalue weighted by Crippen LogP contribution is -2.23. The number of hydrogen-bond donors (Lipinski definition) is 1. The number of nitro groups is 1. The Bertz CT molecular complexity index is 426. The summed E-state index contributed by atoms with van der Waals surface area (Å²) in [7, 11) is 0. The molecule has 0 unspecified atom stereocenters. The predicted molar refractivity (Wildman–Crippen MR) is 58.7 cm³/mol. The fraction of sp³-hybridized carbons (Fsp3) is 0.444. The molecule has 0 saturated carbocycles. The summed E-state index contributed by atoms with van der Waals surface area (Å²) in [4.78, 5) is 16.0. The second-order valence-corrected chi connectivity index (χ2v) is 4.08. The van der Waals surface area contributed by atoms with Crippen LogP contribution in [-0.2, 0) is 0 Å². The van der Waals surface area contributed by atoms with Crippen LogP contribution in [0.2, 0.25) is 5.02 Å². The Morgan fingerprint density at radius 2 is 2.44 bits per heavy atom. The number of anilines is 1. The van der Waals surface area contributed by atoms with E-state index in [4.69, 9.17) is 11.6 Å². The van der Waals surface area contributed by atoms with Crippen molar-refractivity contribution in [2.45, 2.75) is 12.5 Å². The third-order valence-electron chi connectivity index (χ3n) is 2.47. The van der Waals surface area contributed by atoms with E-state index in [-0.39, 0.29) is 16.5 Å². The van der Waals surface area contributed by atoms with Crippen molar-refractivity contribution in [3.8, 4) is 0 Å². The van der Waals surface area contributed by atoms with Gasteiger partial charge in [-0.1, -0.05) is 11.6 Å². The first kappa shape index (κ1) is 11.1. The second-order valence-electron chi connectivity index (χ2n) is 3.64. The maximum Gasteiger partial charge on any atom is 0.313 e. The van der Waals surface area contributed by atoms with Gasteiger partial charge in [-0.25, -0.2) is 4.98 Å². The van der Waals surface area contributed by atoms with E-state index in [1.807, 2.05) is 0 Å². The van der Waals surface area contributed by atoms with Gasteiger partial charge in [0.05, 0.1) is 16.0 Å². The zero-order chi connectivity index (χ0) is 11.7. The van der Waals surface area contributed by atoms with E-state index in [0.717, 1.165) is 0 Å². The molecular weight excluding hydrogens is 234 g/mol. The van der Waals surface area contributed by atoms with E-state index in [1.54, 1.807) is 4.90 Å². The largest absolute Gasteiger partial charge is 0.391 e. The molecule has 86 valence electrons. The lowest BCUT2D eigenvalue weighted by molar-refractivity contribution is -0.384. The molecule has 1 aromatic heterocycles. The summed E-state index contributed by atoms with van der Waals surface area (Å²) in [5.74, 6) is 0.269. The Morgan fingerprint density at radius 3 is 3.00 bits per heavy atom. The van der Waals surface area contributed by atoms with Crippen LogP contribution in [0.15, 0.2) is 12.3 Å². The van der Waals surface area contributed by atoms with Gasteiger partial charge in [0.2, 0.25) is 5.82 Å². The quantitative estimate of drug-likeness (QED) is 0.624. The SMILES string of the molecule is O=[N+]([O-])c1cc(Cl)cnc1N1CC[C@H](O)C1. The number of halogens is 1. The van der Waals surface area contributed by atoms with Gasteiger partial charge < -0.3 is 10.0 Å². The average Bonchev–Trinajstić information content (AvgIpc) is 2.64. The van der Waals surface area contributed by atoms with Crippen molar-refractivity contribution in [1.29, 1.82) is 0 Å². The first-order valence-electron chi connectivity index (χ1n) is 4.81. The van der Waals surface area contributed by atoms with Gasteiger partial charge in [0, 0.05) is 25.4 Å². The van der Waals surface area contributed by atoms with Crippen LogP contribution >= 0.6 is 11.6 Å². The maximum atomic E-state index is 10.8. The third-order valence-corrected chi connectivity index (χ3v) is 2.68. The molecule has 0 amide bonds. The van der Waals surface area contributed by atoms with Crippen molar-refractivity contribution in [2.75, 3.05) is 18.0 Å². The lowest BCUT2D eigenvalue weighted by Gasteiger charge is -2.15. The number of β-amino-alcohol motifs (C(OH)–C–C–N with tert-alkyl or cyclic N) is 1. The van der Waals surface area contributed by atoms with Gasteiger partial charge in [-0.3, -0.25) is 10.1 Å². The molecule has 1 aliphatic rings. The summed E-state index contributed by atoms with van der Waals surface area (Å²) in [6, 6.07) is 1.27. The molecule has 1 aromatic rings. The molecule has 0 aliphatic carbocycles. The van der Waals surface area contributed by atoms with Crippen molar-refractivity contribution < 1.29 is 10.0 Å². The highest BCUT2D eigenvalue weighted by molar-refractivity contribution is 6.30. The number of rotatable bonds is 2. The van der Waals surface area contributed by atoms with Gasteiger partial charge in [0.1, 0.15) is 0 Å². The van der Waals surface area contributed by atoms with Crippen LogP contribution in [0.25, 0.3) is 0 Å². The topological polar surface area (TPSA) is 79.5 Å². The first-order chi connectivity index (χ1) is 7.58. The van der Waals surface area contributed by atoms with E-state index in [0.29, 0.717) is 19.5 Å². The molecule has 1 atom stereocenters. The lowest BCUT2D eigenvalue weighted by atomic mass is 10.3. The molecule has 2 heterocycles. The van der Waals surface area contributed by atoms with Crippen LogP contribution in [-0.4, -0.2) is 34.2 Å². The van der Waals surface area contributed by atoms with Gasteiger partial charge in [-0.15, -0.1) is 0 Å². The van der Waals surface area contributed by atoms with E-state index < -0.39 is 11.0 Å². The number of nitrogens with zero attached hydrogens (tertiary/aromatic N) is 3. The summed E-state index contributed by atoms with van der Waals surface area (Å²) >= 11 is 5.66. The standard InChI is InChI=1S/C9H10ClN3O3/c10-6-3-8(13(15)16)9(11-4-6)12-2-1-7(14)5-12/h3-4,7,14H,1-2,5H2/t7-/m0/s1. The highest BCUT2D eigenvalue weighted by Crippen LogP contribution is 2.30. The van der Waals surface area contributed by atoms with Gasteiger partial charge in [-0.2, -0.15) is 0 Å². The Hall–Kier alpha value is -1.40. The molecule has 16 heavy (non-hydrogen) atoms. The Kier molecular flexibility index (Phi) is 2.93. The minimum absolute atomic E-state index is 0.124. The van der Waals surface area contributed by atoms with Gasteiger partial charge in [0.15, 0.2) is 0 Å². The molecule has 0 bridgehead atoms. The van der Waals surface area contributed by atoms with Crippen molar-refractivity contribution in [2.24, 2.45) is 0 Å². The minimum Gasteiger partial charge on any atom is -0.391 e. The van der Waals surface area contributed by atoms with E-state index in [1.165, 1.54) is 12.3 Å². The van der Waals surface area contributed by atoms with Crippen LogP contribution in [0.4, 0.5) is 11.5 Å². The molecule has 0 spiro atoms. The normalized spacial score (nSPS) is 20.1. The number of aliphatic hydroxyl groups is 1. The van der Waals surface area contributed by atoms with Crippen LogP contribution in [0, 0.1) is 10.1 Å². The maximum absolute atomic E-state index is 10.8. The van der Waals surface area contributed by atoms with Crippen LogP contribution in [0.3, 0.4) is 0 Å². The Morgan fingerprint density at radius 1 is 1.69 bits per heavy atom. The summed E-state index contributed by atoms with van der Waals surface area (Å²) in [6.45, 7) is 0.937. The van der Waals surface area contributed by atoms with Crippen LogP contribution < -0.4 is 4.90 Å². The summed E-state index contributed by atoms with van der Waals surface area (Å²) < 4.78 is 0. The van der Waals surface area contributed by atoms with Crippen LogP contribution in [0.1, 0.15) is 6.42 Å². The van der Waals surface area contributed by atoms with Gasteiger partial charge in [0.25, 0.3) is 0 Å².